The SMILES string of the molecule is CC(OC(=O)c1ccc(F)cc1Cl)C(=O)Nc1ccc2ccccc2c1. The molecule has 0 saturated carbocycles. The molecule has 0 aliphatic rings. The number of carbonyl (C=O) groups excluding carboxylic acids is 2. The molecule has 26 heavy (non-hydrogen) atoms. The first-order valence-electron chi connectivity index (χ1n) is 7.90. The normalized spacial score (nSPS) is 11.8. The first kappa shape index (κ1) is 17.9. The van der Waals surface area contributed by atoms with Crippen LogP contribution in [-0.4, -0.2) is 18.0 Å². The molecule has 3 aromatic carbocycles. The zero-order chi connectivity index (χ0) is 18.7. The quantitative estimate of drug-likeness (QED) is 0.669. The van der Waals surface area contributed by atoms with Crippen LogP contribution >= 0.6 is 11.6 Å². The fourth-order valence-electron chi connectivity index (χ4n) is 2.44. The molecule has 0 spiro atoms. The number of hydrogen-bond donors (Lipinski definition) is 1. The van der Waals surface area contributed by atoms with Gasteiger partial charge in [-0.25, -0.2) is 9.18 Å². The largest absolute Gasteiger partial charge is 0.449 e. The van der Waals surface area contributed by atoms with E-state index in [4.69, 9.17) is 16.3 Å². The van der Waals surface area contributed by atoms with E-state index >= 15 is 0 Å². The molecule has 132 valence electrons. The lowest BCUT2D eigenvalue weighted by Gasteiger charge is -2.14. The monoisotopic (exact) mass is 371 g/mol. The Hall–Kier alpha value is -2.92. The Balaban J connectivity index is 1.67. The van der Waals surface area contributed by atoms with Gasteiger partial charge in [0.15, 0.2) is 6.10 Å². The first-order chi connectivity index (χ1) is 12.4. The molecule has 1 atom stereocenters. The van der Waals surface area contributed by atoms with Gasteiger partial charge in [0, 0.05) is 5.69 Å². The smallest absolute Gasteiger partial charge is 0.340 e. The topological polar surface area (TPSA) is 55.4 Å². The van der Waals surface area contributed by atoms with Crippen molar-refractivity contribution in [2.24, 2.45) is 0 Å². The van der Waals surface area contributed by atoms with Crippen LogP contribution in [0.2, 0.25) is 5.02 Å². The van der Waals surface area contributed by atoms with E-state index in [9.17, 15) is 14.0 Å². The number of benzene rings is 3. The number of anilines is 1. The number of amides is 1. The summed E-state index contributed by atoms with van der Waals surface area (Å²) in [6.07, 6.45) is -1.05. The van der Waals surface area contributed by atoms with E-state index in [-0.39, 0.29) is 10.6 Å². The molecule has 0 aliphatic carbocycles. The first-order valence-corrected chi connectivity index (χ1v) is 8.27. The molecule has 1 amide bonds. The summed E-state index contributed by atoms with van der Waals surface area (Å²) >= 11 is 5.83. The third-order valence-electron chi connectivity index (χ3n) is 3.82. The van der Waals surface area contributed by atoms with Crippen molar-refractivity contribution < 1.29 is 18.7 Å². The number of rotatable bonds is 4. The van der Waals surface area contributed by atoms with Crippen LogP contribution in [-0.2, 0) is 9.53 Å². The summed E-state index contributed by atoms with van der Waals surface area (Å²) < 4.78 is 18.2. The van der Waals surface area contributed by atoms with Gasteiger partial charge in [-0.3, -0.25) is 4.79 Å². The summed E-state index contributed by atoms with van der Waals surface area (Å²) in [6.45, 7) is 1.45. The average molecular weight is 372 g/mol. The summed E-state index contributed by atoms with van der Waals surface area (Å²) in [5.41, 5.74) is 0.592. The zero-order valence-electron chi connectivity index (χ0n) is 13.8. The Morgan fingerprint density at radius 2 is 1.77 bits per heavy atom. The molecule has 4 nitrogen and oxygen atoms in total. The molecule has 1 N–H and O–H groups in total. The number of esters is 1. The molecule has 3 rings (SSSR count). The van der Waals surface area contributed by atoms with Crippen LogP contribution in [0, 0.1) is 5.82 Å². The van der Waals surface area contributed by atoms with E-state index in [1.165, 1.54) is 13.0 Å². The molecule has 0 bridgehead atoms. The number of nitrogens with one attached hydrogen (secondary N) is 1. The Morgan fingerprint density at radius 3 is 2.50 bits per heavy atom. The van der Waals surface area contributed by atoms with E-state index in [1.54, 1.807) is 6.07 Å². The maximum absolute atomic E-state index is 13.1. The van der Waals surface area contributed by atoms with Crippen LogP contribution in [0.25, 0.3) is 10.8 Å². The Labute approximate surface area is 154 Å². The van der Waals surface area contributed by atoms with E-state index < -0.39 is 23.8 Å². The van der Waals surface area contributed by atoms with Gasteiger partial charge in [0.25, 0.3) is 5.91 Å². The van der Waals surface area contributed by atoms with Gasteiger partial charge in [-0.1, -0.05) is 41.9 Å². The highest BCUT2D eigenvalue weighted by Crippen LogP contribution is 2.20. The summed E-state index contributed by atoms with van der Waals surface area (Å²) in [6, 6.07) is 16.6. The molecular formula is C20H15ClFNO3. The average Bonchev–Trinajstić information content (AvgIpc) is 2.61. The minimum atomic E-state index is -1.05. The molecular weight excluding hydrogens is 357 g/mol. The maximum Gasteiger partial charge on any atom is 0.340 e. The Morgan fingerprint density at radius 1 is 1.04 bits per heavy atom. The van der Waals surface area contributed by atoms with Gasteiger partial charge in [-0.2, -0.15) is 0 Å². The van der Waals surface area contributed by atoms with Crippen LogP contribution < -0.4 is 5.32 Å². The fraction of sp³-hybridized carbons (Fsp3) is 0.100. The van der Waals surface area contributed by atoms with Crippen LogP contribution in [0.3, 0.4) is 0 Å². The zero-order valence-corrected chi connectivity index (χ0v) is 14.6. The lowest BCUT2D eigenvalue weighted by molar-refractivity contribution is -0.123. The van der Waals surface area contributed by atoms with Gasteiger partial charge in [-0.15, -0.1) is 0 Å². The van der Waals surface area contributed by atoms with Gasteiger partial charge < -0.3 is 10.1 Å². The van der Waals surface area contributed by atoms with E-state index in [1.807, 2.05) is 36.4 Å². The van der Waals surface area contributed by atoms with Crippen molar-refractivity contribution in [2.75, 3.05) is 5.32 Å². The molecule has 0 aromatic heterocycles. The van der Waals surface area contributed by atoms with Crippen molar-refractivity contribution in [2.45, 2.75) is 13.0 Å². The highest BCUT2D eigenvalue weighted by molar-refractivity contribution is 6.33. The third-order valence-corrected chi connectivity index (χ3v) is 4.13. The minimum absolute atomic E-state index is 0.00146. The van der Waals surface area contributed by atoms with Crippen LogP contribution in [0.1, 0.15) is 17.3 Å². The van der Waals surface area contributed by atoms with Crippen molar-refractivity contribution in [3.63, 3.8) is 0 Å². The number of hydrogen-bond acceptors (Lipinski definition) is 3. The number of halogens is 2. The number of fused-ring (bicyclic) bond motifs is 1. The summed E-state index contributed by atoms with van der Waals surface area (Å²) in [5, 5.41) is 4.66. The Bertz CT molecular complexity index is 990. The second-order valence-corrected chi connectivity index (χ2v) is 6.13. The predicted octanol–water partition coefficient (Wildman–Crippen LogP) is 4.82. The van der Waals surface area contributed by atoms with E-state index in [2.05, 4.69) is 5.32 Å². The van der Waals surface area contributed by atoms with Crippen molar-refractivity contribution >= 4 is 39.9 Å². The van der Waals surface area contributed by atoms with Gasteiger partial charge in [0.05, 0.1) is 10.6 Å². The third kappa shape index (κ3) is 4.00. The van der Waals surface area contributed by atoms with Crippen molar-refractivity contribution in [1.82, 2.24) is 0 Å². The predicted molar refractivity (Wildman–Crippen MR) is 98.9 cm³/mol. The Kier molecular flexibility index (Phi) is 5.19. The lowest BCUT2D eigenvalue weighted by atomic mass is 10.1. The molecule has 6 heteroatoms. The van der Waals surface area contributed by atoms with E-state index in [0.29, 0.717) is 5.69 Å². The van der Waals surface area contributed by atoms with Crippen LogP contribution in [0.4, 0.5) is 10.1 Å². The maximum atomic E-state index is 13.1. The summed E-state index contributed by atoms with van der Waals surface area (Å²) in [4.78, 5) is 24.4. The molecule has 0 saturated heterocycles. The highest BCUT2D eigenvalue weighted by atomic mass is 35.5. The molecule has 0 aliphatic heterocycles. The van der Waals surface area contributed by atoms with Gasteiger partial charge in [-0.05, 0) is 48.0 Å². The second kappa shape index (κ2) is 7.54. The van der Waals surface area contributed by atoms with Crippen molar-refractivity contribution in [1.29, 1.82) is 0 Å². The second-order valence-electron chi connectivity index (χ2n) is 5.72. The van der Waals surface area contributed by atoms with Gasteiger partial charge in [0.2, 0.25) is 0 Å². The molecule has 0 radical (unpaired) electrons. The van der Waals surface area contributed by atoms with Gasteiger partial charge in [0.1, 0.15) is 5.82 Å². The summed E-state index contributed by atoms with van der Waals surface area (Å²) in [7, 11) is 0. The molecule has 0 fully saturated rings. The molecule has 0 heterocycles. The minimum Gasteiger partial charge on any atom is -0.449 e. The van der Waals surface area contributed by atoms with E-state index in [0.717, 1.165) is 22.9 Å². The van der Waals surface area contributed by atoms with Crippen molar-refractivity contribution in [3.8, 4) is 0 Å². The van der Waals surface area contributed by atoms with Crippen LogP contribution in [0.5, 0.6) is 0 Å². The molecule has 1 unspecified atom stereocenters. The highest BCUT2D eigenvalue weighted by Gasteiger charge is 2.21. The summed E-state index contributed by atoms with van der Waals surface area (Å²) in [5.74, 6) is -1.84. The standard InChI is InChI=1S/C20H15ClFNO3/c1-12(26-20(25)17-9-7-15(22)11-18(17)21)19(24)23-16-8-6-13-4-2-3-5-14(13)10-16/h2-12H,1H3,(H,23,24). The number of ether oxygens (including phenoxy) is 1. The van der Waals surface area contributed by atoms with Crippen molar-refractivity contribution in [3.05, 3.63) is 77.1 Å². The lowest BCUT2D eigenvalue weighted by Crippen LogP contribution is -2.30. The van der Waals surface area contributed by atoms with Crippen LogP contribution in [0.15, 0.2) is 60.7 Å². The molecule has 3 aromatic rings. The van der Waals surface area contributed by atoms with Gasteiger partial charge >= 0.3 is 5.97 Å². The fourth-order valence-corrected chi connectivity index (χ4v) is 2.69. The number of carbonyl (C=O) groups is 2.